The Hall–Kier alpha value is -3.41. The predicted molar refractivity (Wildman–Crippen MR) is 256 cm³/mol. The van der Waals surface area contributed by atoms with E-state index >= 15 is 0 Å². The second-order valence-electron chi connectivity index (χ2n) is 16.1. The molecule has 0 spiro atoms. The summed E-state index contributed by atoms with van der Waals surface area (Å²) in [5.74, 6) is -0.947. The lowest BCUT2D eigenvalue weighted by molar-refractivity contribution is -0.167. The van der Waals surface area contributed by atoms with Gasteiger partial charge in [-0.3, -0.25) is 14.4 Å². The molecule has 0 aromatic rings. The number of allylic oxidation sites excluding steroid dienone is 14. The Kier molecular flexibility index (Phi) is 45.5. The molecule has 0 radical (unpaired) electrons. The normalized spacial score (nSPS) is 12.8. The third-order valence-electron chi connectivity index (χ3n) is 10.3. The molecule has 1 atom stereocenters. The van der Waals surface area contributed by atoms with E-state index in [9.17, 15) is 14.4 Å². The zero-order valence-electron chi connectivity index (χ0n) is 38.9. The number of unbranched alkanes of at least 4 members (excludes halogenated alkanes) is 23. The fourth-order valence-corrected chi connectivity index (χ4v) is 6.63. The molecule has 0 fully saturated rings. The molecule has 0 aliphatic rings. The van der Waals surface area contributed by atoms with E-state index in [1.165, 1.54) is 96.3 Å². The van der Waals surface area contributed by atoms with Crippen molar-refractivity contribution in [1.82, 2.24) is 0 Å². The van der Waals surface area contributed by atoms with Gasteiger partial charge in [-0.05, 0) is 57.8 Å². The molecule has 0 N–H and O–H groups in total. The summed E-state index contributed by atoms with van der Waals surface area (Å²) in [5, 5.41) is 0. The lowest BCUT2D eigenvalue weighted by Crippen LogP contribution is -2.30. The maximum Gasteiger partial charge on any atom is 0.306 e. The fourth-order valence-electron chi connectivity index (χ4n) is 6.63. The van der Waals surface area contributed by atoms with Gasteiger partial charge in [0.1, 0.15) is 13.2 Å². The van der Waals surface area contributed by atoms with Gasteiger partial charge in [-0.15, -0.1) is 0 Å². The van der Waals surface area contributed by atoms with Crippen LogP contribution in [0.2, 0.25) is 0 Å². The topological polar surface area (TPSA) is 78.9 Å². The maximum atomic E-state index is 12.8. The Labute approximate surface area is 369 Å². The van der Waals surface area contributed by atoms with Crippen molar-refractivity contribution in [2.24, 2.45) is 0 Å². The van der Waals surface area contributed by atoms with Gasteiger partial charge in [0.2, 0.25) is 0 Å². The van der Waals surface area contributed by atoms with Crippen molar-refractivity contribution < 1.29 is 28.6 Å². The van der Waals surface area contributed by atoms with E-state index in [1.54, 1.807) is 0 Å². The number of rotatable bonds is 43. The Balaban J connectivity index is 4.45. The summed E-state index contributed by atoms with van der Waals surface area (Å²) in [6.45, 7) is 6.32. The minimum atomic E-state index is -0.795. The molecule has 0 aromatic heterocycles. The molecule has 0 bridgehead atoms. The van der Waals surface area contributed by atoms with Crippen LogP contribution < -0.4 is 0 Å². The Morgan fingerprint density at radius 2 is 0.650 bits per heavy atom. The molecular weight excluding hydrogens is 745 g/mol. The van der Waals surface area contributed by atoms with Gasteiger partial charge < -0.3 is 14.2 Å². The number of carbonyl (C=O) groups excluding carboxylic acids is 3. The van der Waals surface area contributed by atoms with Crippen molar-refractivity contribution in [2.45, 2.75) is 226 Å². The van der Waals surface area contributed by atoms with Crippen LogP contribution in [0.1, 0.15) is 220 Å². The van der Waals surface area contributed by atoms with Crippen LogP contribution in [0, 0.1) is 0 Å². The maximum absolute atomic E-state index is 12.8. The molecule has 60 heavy (non-hydrogen) atoms. The van der Waals surface area contributed by atoms with E-state index in [0.29, 0.717) is 19.3 Å². The van der Waals surface area contributed by atoms with Crippen molar-refractivity contribution in [2.75, 3.05) is 13.2 Å². The summed E-state index contributed by atoms with van der Waals surface area (Å²) in [4.78, 5) is 37.9. The van der Waals surface area contributed by atoms with Gasteiger partial charge >= 0.3 is 17.9 Å². The van der Waals surface area contributed by atoms with Crippen molar-refractivity contribution >= 4 is 17.9 Å². The van der Waals surface area contributed by atoms with Gasteiger partial charge in [0, 0.05) is 19.3 Å². The van der Waals surface area contributed by atoms with E-state index in [1.807, 2.05) is 36.5 Å². The Morgan fingerprint density at radius 1 is 0.350 bits per heavy atom. The highest BCUT2D eigenvalue weighted by atomic mass is 16.6. The van der Waals surface area contributed by atoms with Crippen LogP contribution in [0.15, 0.2) is 85.1 Å². The summed E-state index contributed by atoms with van der Waals surface area (Å²) < 4.78 is 16.7. The molecule has 0 saturated heterocycles. The van der Waals surface area contributed by atoms with Crippen LogP contribution in [0.5, 0.6) is 0 Å². The molecule has 0 amide bonds. The van der Waals surface area contributed by atoms with Gasteiger partial charge in [-0.1, -0.05) is 228 Å². The molecular formula is C54H90O6. The van der Waals surface area contributed by atoms with E-state index in [-0.39, 0.29) is 31.1 Å². The number of hydrogen-bond acceptors (Lipinski definition) is 6. The van der Waals surface area contributed by atoms with Crippen LogP contribution in [-0.2, 0) is 28.6 Å². The smallest absolute Gasteiger partial charge is 0.306 e. The third-order valence-corrected chi connectivity index (χ3v) is 10.3. The summed E-state index contributed by atoms with van der Waals surface area (Å²) in [7, 11) is 0. The minimum Gasteiger partial charge on any atom is -0.462 e. The molecule has 0 aliphatic carbocycles. The van der Waals surface area contributed by atoms with Gasteiger partial charge in [0.25, 0.3) is 0 Å². The number of hydrogen-bond donors (Lipinski definition) is 0. The van der Waals surface area contributed by atoms with E-state index in [4.69, 9.17) is 14.2 Å². The molecule has 0 heterocycles. The summed E-state index contributed by atoms with van der Waals surface area (Å²) in [6, 6.07) is 0. The first-order chi connectivity index (χ1) is 29.5. The molecule has 0 saturated carbocycles. The first kappa shape index (κ1) is 56.6. The molecule has 6 heteroatoms. The van der Waals surface area contributed by atoms with E-state index < -0.39 is 6.10 Å². The molecule has 342 valence electrons. The Bertz CT molecular complexity index is 1190. The average Bonchev–Trinajstić information content (AvgIpc) is 3.24. The number of ether oxygens (including phenoxy) is 3. The van der Waals surface area contributed by atoms with Crippen LogP contribution in [0.25, 0.3) is 0 Å². The van der Waals surface area contributed by atoms with Gasteiger partial charge in [-0.25, -0.2) is 0 Å². The monoisotopic (exact) mass is 835 g/mol. The highest BCUT2D eigenvalue weighted by Crippen LogP contribution is 2.15. The Morgan fingerprint density at radius 3 is 1.03 bits per heavy atom. The zero-order valence-corrected chi connectivity index (χ0v) is 38.9. The highest BCUT2D eigenvalue weighted by molar-refractivity contribution is 5.71. The SMILES string of the molecule is CC/C=C/C=C/C=C/C=C/CCCCCC(=O)OCC(COC(=O)CCCCCCCCC/C=C/C=C/C=C/CC)OC(=O)CCCCCCCCCCCCCCCC. The molecule has 1 unspecified atom stereocenters. The van der Waals surface area contributed by atoms with Crippen molar-refractivity contribution in [3.05, 3.63) is 85.1 Å². The average molecular weight is 835 g/mol. The first-order valence-electron chi connectivity index (χ1n) is 24.7. The second kappa shape index (κ2) is 48.3. The van der Waals surface area contributed by atoms with Crippen LogP contribution in [0.4, 0.5) is 0 Å². The van der Waals surface area contributed by atoms with Gasteiger partial charge in [0.05, 0.1) is 0 Å². The van der Waals surface area contributed by atoms with Crippen LogP contribution in [-0.4, -0.2) is 37.2 Å². The first-order valence-corrected chi connectivity index (χ1v) is 24.7. The number of esters is 3. The zero-order chi connectivity index (χ0) is 43.7. The van der Waals surface area contributed by atoms with E-state index in [2.05, 4.69) is 69.4 Å². The van der Waals surface area contributed by atoms with Crippen LogP contribution >= 0.6 is 0 Å². The molecule has 6 nitrogen and oxygen atoms in total. The summed E-state index contributed by atoms with van der Waals surface area (Å²) >= 11 is 0. The lowest BCUT2D eigenvalue weighted by Gasteiger charge is -2.18. The lowest BCUT2D eigenvalue weighted by atomic mass is 10.0. The van der Waals surface area contributed by atoms with Gasteiger partial charge in [-0.2, -0.15) is 0 Å². The third kappa shape index (κ3) is 45.7. The molecule has 0 rings (SSSR count). The largest absolute Gasteiger partial charge is 0.462 e. The fraction of sp³-hybridized carbons (Fsp3) is 0.685. The van der Waals surface area contributed by atoms with Gasteiger partial charge in [0.15, 0.2) is 6.10 Å². The standard InChI is InChI=1S/C54H90O6/c1-4-7-10-13-16-19-22-25-27-30-32-35-38-41-44-47-53(56)59-50-51(49-58-52(55)46-43-40-37-34-31-28-24-21-18-15-12-9-6-3)60-54(57)48-45-42-39-36-33-29-26-23-20-17-14-11-8-5-2/h7,9-10,12-13,15-16,18-19,21-22,24,28,31,51H,4-6,8,11,14,17,20,23,25-27,29-30,32-50H2,1-3H3/b10-7+,12-9+,16-13+,18-15+,22-19+,24-21+,31-28+. The summed E-state index contributed by atoms with van der Waals surface area (Å²) in [5.41, 5.74) is 0. The molecule has 0 aromatic carbocycles. The molecule has 0 aliphatic heterocycles. The predicted octanol–water partition coefficient (Wildman–Crippen LogP) is 16.0. The minimum absolute atomic E-state index is 0.0950. The van der Waals surface area contributed by atoms with Crippen LogP contribution in [0.3, 0.4) is 0 Å². The number of carbonyl (C=O) groups is 3. The second-order valence-corrected chi connectivity index (χ2v) is 16.1. The quantitative estimate of drug-likeness (QED) is 0.0263. The van der Waals surface area contributed by atoms with Crippen molar-refractivity contribution in [3.63, 3.8) is 0 Å². The summed E-state index contributed by atoms with van der Waals surface area (Å²) in [6.07, 6.45) is 61.3. The van der Waals surface area contributed by atoms with E-state index in [0.717, 1.165) is 83.5 Å². The van der Waals surface area contributed by atoms with Crippen molar-refractivity contribution in [3.8, 4) is 0 Å². The van der Waals surface area contributed by atoms with Crippen molar-refractivity contribution in [1.29, 1.82) is 0 Å². The highest BCUT2D eigenvalue weighted by Gasteiger charge is 2.19.